The number of hydrogen-bond donors (Lipinski definition) is 1. The van der Waals surface area contributed by atoms with Gasteiger partial charge in [-0.25, -0.2) is 4.79 Å². The Morgan fingerprint density at radius 2 is 2.33 bits per heavy atom. The van der Waals surface area contributed by atoms with E-state index in [0.29, 0.717) is 20.9 Å². The van der Waals surface area contributed by atoms with Crippen LogP contribution in [0, 0.1) is 0 Å². The maximum Gasteiger partial charge on any atom is 0.384 e. The smallest absolute Gasteiger partial charge is 0.384 e. The lowest BCUT2D eigenvalue weighted by Crippen LogP contribution is -2.19. The minimum Gasteiger partial charge on any atom is -0.514 e. The van der Waals surface area contributed by atoms with E-state index >= 15 is 0 Å². The Bertz CT molecular complexity index is 49.5. The Kier molecular flexibility index (Phi) is 2.77. The highest BCUT2D eigenvalue weighted by Gasteiger charge is 1.83. The average molecular weight is 121 g/mol. The van der Waals surface area contributed by atoms with Gasteiger partial charge < -0.3 is 9.41 Å². The van der Waals surface area contributed by atoms with Crippen molar-refractivity contribution in [2.45, 2.75) is 0 Å². The zero-order valence-electron chi connectivity index (χ0n) is 3.82. The van der Waals surface area contributed by atoms with Gasteiger partial charge in [-0.15, -0.1) is 0 Å². The fourth-order valence-electron chi connectivity index (χ4n) is 0.102. The van der Waals surface area contributed by atoms with E-state index in [4.69, 9.17) is 0 Å². The molecule has 0 aliphatic rings. The molecule has 0 saturated heterocycles. The van der Waals surface area contributed by atoms with Gasteiger partial charge >= 0.3 is 6.09 Å². The normalized spacial score (nSPS) is 8.00. The zero-order valence-corrected chi connectivity index (χ0v) is 7.82. The lowest BCUT2D eigenvalue weighted by Gasteiger charge is -1.92. The summed E-state index contributed by atoms with van der Waals surface area (Å²) in [6.45, 7) is 0. The van der Waals surface area contributed by atoms with Crippen LogP contribution in [0.1, 0.15) is 0 Å². The third-order valence-electron chi connectivity index (χ3n) is 0.390. The number of carbonyl (C=O) groups excluding carboxylic acids is 1. The Hall–Kier alpha value is -0.296. The van der Waals surface area contributed by atoms with Crippen LogP contribution in [0.4, 0.5) is 4.79 Å². The third kappa shape index (κ3) is 1.97. The highest BCUT2D eigenvalue weighted by Crippen LogP contribution is 1.60. The van der Waals surface area contributed by atoms with Crippen molar-refractivity contribution in [3.63, 3.8) is 0 Å². The molecule has 5 heteroatoms. The molecule has 0 rings (SSSR count). The predicted octanol–water partition coefficient (Wildman–Crippen LogP) is -2.73. The van der Waals surface area contributed by atoms with Crippen LogP contribution in [0.25, 0.3) is 0 Å². The number of rotatable bonds is 0. The first-order chi connectivity index (χ1) is 2.81. The number of nitrogens with one attached hydrogen (secondary N) is 1. The van der Waals surface area contributed by atoms with E-state index in [2.05, 4.69) is 9.41 Å². The first-order valence-electron chi connectivity index (χ1n) is 1.57. The molecule has 0 bridgehead atoms. The van der Waals surface area contributed by atoms with E-state index in [-0.39, 0.29) is 6.09 Å². The van der Waals surface area contributed by atoms with Gasteiger partial charge in [0, 0.05) is 0 Å². The van der Waals surface area contributed by atoms with Crippen LogP contribution >= 0.6 is 0 Å². The maximum absolute atomic E-state index is 9.92. The van der Waals surface area contributed by atoms with Crippen molar-refractivity contribution >= 4 is 27.0 Å². The van der Waals surface area contributed by atoms with E-state index in [1.165, 1.54) is 0 Å². The molecule has 3 nitrogen and oxygen atoms in total. The number of carbonyl (C=O) groups is 1. The molecule has 0 spiro atoms. The molecule has 0 aliphatic carbocycles. The van der Waals surface area contributed by atoms with Gasteiger partial charge in [0.15, 0.2) is 0 Å². The first-order valence-corrected chi connectivity index (χ1v) is 3.38. The van der Waals surface area contributed by atoms with Crippen LogP contribution in [0.3, 0.4) is 0 Å². The molecule has 0 aromatic carbocycles. The predicted molar refractivity (Wildman–Crippen MR) is 29.5 cm³/mol. The summed E-state index contributed by atoms with van der Waals surface area (Å²) < 4.78 is 4.32. The molecule has 0 aliphatic heterocycles. The SMILES string of the molecule is O=C(N[SiH3])O[SiH3]. The van der Waals surface area contributed by atoms with Crippen molar-refractivity contribution in [1.29, 1.82) is 0 Å². The number of hydrogen-bond acceptors (Lipinski definition) is 2. The second kappa shape index (κ2) is 2.92. The molecule has 0 atom stereocenters. The van der Waals surface area contributed by atoms with Crippen molar-refractivity contribution in [1.82, 2.24) is 4.98 Å². The fourth-order valence-corrected chi connectivity index (χ4v) is 0.919. The molecule has 0 aromatic heterocycles. The second-order valence-electron chi connectivity index (χ2n) is 0.742. The van der Waals surface area contributed by atoms with E-state index in [1.807, 2.05) is 0 Å². The van der Waals surface area contributed by atoms with Gasteiger partial charge in [0.1, 0.15) is 10.4 Å². The molecule has 0 saturated carbocycles. The molecule has 1 N–H and O–H groups in total. The van der Waals surface area contributed by atoms with Gasteiger partial charge in [0.25, 0.3) is 0 Å². The lowest BCUT2D eigenvalue weighted by molar-refractivity contribution is 0.211. The fraction of sp³-hybridized carbons (Fsp3) is 0. The van der Waals surface area contributed by atoms with Crippen LogP contribution < -0.4 is 4.98 Å². The Morgan fingerprint density at radius 1 is 1.83 bits per heavy atom. The van der Waals surface area contributed by atoms with Gasteiger partial charge in [-0.3, -0.25) is 0 Å². The lowest BCUT2D eigenvalue weighted by atomic mass is 11.3. The van der Waals surface area contributed by atoms with Gasteiger partial charge in [0.05, 0.1) is 0 Å². The first kappa shape index (κ1) is 5.70. The van der Waals surface area contributed by atoms with E-state index < -0.39 is 0 Å². The van der Waals surface area contributed by atoms with Crippen LogP contribution in [-0.2, 0) is 4.43 Å². The van der Waals surface area contributed by atoms with E-state index in [9.17, 15) is 4.79 Å². The van der Waals surface area contributed by atoms with Gasteiger partial charge in [-0.1, -0.05) is 0 Å². The molecule has 0 fully saturated rings. The van der Waals surface area contributed by atoms with Crippen LogP contribution in [0.5, 0.6) is 0 Å². The standard InChI is InChI=1S/CH7NO2Si2/c3-1(2-5)4-6/h5-6H3,(H,2,3). The molecule has 0 unspecified atom stereocenters. The Morgan fingerprint density at radius 3 is 2.33 bits per heavy atom. The van der Waals surface area contributed by atoms with Crippen molar-refractivity contribution in [3.8, 4) is 0 Å². The van der Waals surface area contributed by atoms with Crippen molar-refractivity contribution < 1.29 is 9.22 Å². The highest BCUT2D eigenvalue weighted by atomic mass is 28.2. The minimum atomic E-state index is -0.284. The topological polar surface area (TPSA) is 38.3 Å². The quantitative estimate of drug-likeness (QED) is 0.353. The van der Waals surface area contributed by atoms with Crippen molar-refractivity contribution in [3.05, 3.63) is 0 Å². The summed E-state index contributed by atoms with van der Waals surface area (Å²) in [5.41, 5.74) is 0. The summed E-state index contributed by atoms with van der Waals surface area (Å²) in [5, 5.41) is 0. The largest absolute Gasteiger partial charge is 0.514 e. The van der Waals surface area contributed by atoms with Gasteiger partial charge in [0.2, 0.25) is 10.5 Å². The molecule has 6 heavy (non-hydrogen) atoms. The summed E-state index contributed by atoms with van der Waals surface area (Å²) in [5.74, 6) is 0. The molecular weight excluding hydrogens is 114 g/mol. The Balaban J connectivity index is 2.99. The molecule has 1 amide bonds. The van der Waals surface area contributed by atoms with Crippen LogP contribution in [0.2, 0.25) is 0 Å². The summed E-state index contributed by atoms with van der Waals surface area (Å²) in [6, 6.07) is 0. The van der Waals surface area contributed by atoms with E-state index in [0.717, 1.165) is 0 Å². The molecule has 0 radical (unpaired) electrons. The van der Waals surface area contributed by atoms with Gasteiger partial charge in [-0.2, -0.15) is 0 Å². The molecular formula is CH7NO2Si2. The molecule has 0 aromatic rings. The van der Waals surface area contributed by atoms with Gasteiger partial charge in [-0.05, 0) is 0 Å². The summed E-state index contributed by atoms with van der Waals surface area (Å²) in [7, 11) is 1.17. The number of amides is 1. The van der Waals surface area contributed by atoms with Crippen molar-refractivity contribution in [2.24, 2.45) is 0 Å². The zero-order chi connectivity index (χ0) is 4.99. The molecule has 0 heterocycles. The maximum atomic E-state index is 9.92. The molecule has 36 valence electrons. The van der Waals surface area contributed by atoms with Crippen LogP contribution in [-0.4, -0.2) is 27.0 Å². The second-order valence-corrected chi connectivity index (χ2v) is 1.65. The summed E-state index contributed by atoms with van der Waals surface area (Å²) >= 11 is 0. The van der Waals surface area contributed by atoms with Crippen LogP contribution in [0.15, 0.2) is 0 Å². The van der Waals surface area contributed by atoms with Crippen molar-refractivity contribution in [2.75, 3.05) is 0 Å². The minimum absolute atomic E-state index is 0.284. The monoisotopic (exact) mass is 121 g/mol. The summed E-state index contributed by atoms with van der Waals surface area (Å²) in [6.07, 6.45) is -0.284. The Labute approximate surface area is 42.1 Å². The highest BCUT2D eigenvalue weighted by molar-refractivity contribution is 6.16. The summed E-state index contributed by atoms with van der Waals surface area (Å²) in [4.78, 5) is 12.3. The average Bonchev–Trinajstić information content (AvgIpc) is 1.65. The third-order valence-corrected chi connectivity index (χ3v) is 1.17. The van der Waals surface area contributed by atoms with E-state index in [1.54, 1.807) is 0 Å².